The van der Waals surface area contributed by atoms with Gasteiger partial charge in [-0.15, -0.1) is 0 Å². The molecule has 2 rings (SSSR count). The zero-order valence-corrected chi connectivity index (χ0v) is 9.44. The molecular weight excluding hydrogens is 258 g/mol. The lowest BCUT2D eigenvalue weighted by Crippen LogP contribution is -1.95. The zero-order valence-electron chi connectivity index (χ0n) is 7.17. The lowest BCUT2D eigenvalue weighted by atomic mass is 10.2. The van der Waals surface area contributed by atoms with E-state index in [0.29, 0.717) is 11.0 Å². The molecule has 3 nitrogen and oxygen atoms in total. The Morgan fingerprint density at radius 1 is 1.13 bits per heavy atom. The molecule has 0 saturated heterocycles. The standard InChI is InChI=1S/C9H3Cl3N2O/c10-7-8(11)14-6-4(9(12)15)2-1-3-5(6)13-7/h1-3H. The van der Waals surface area contributed by atoms with Crippen molar-refractivity contribution in [1.29, 1.82) is 0 Å². The number of aromatic nitrogens is 2. The maximum absolute atomic E-state index is 11.1. The van der Waals surface area contributed by atoms with E-state index in [1.807, 2.05) is 0 Å². The van der Waals surface area contributed by atoms with Gasteiger partial charge in [0, 0.05) is 0 Å². The smallest absolute Gasteiger partial charge is 0.254 e. The number of halogens is 3. The molecule has 0 amide bonds. The quantitative estimate of drug-likeness (QED) is 0.740. The van der Waals surface area contributed by atoms with E-state index in [9.17, 15) is 4.79 Å². The summed E-state index contributed by atoms with van der Waals surface area (Å²) in [5.41, 5.74) is 1.10. The molecule has 0 aliphatic heterocycles. The van der Waals surface area contributed by atoms with Crippen LogP contribution in [0, 0.1) is 0 Å². The van der Waals surface area contributed by atoms with Crippen molar-refractivity contribution in [3.63, 3.8) is 0 Å². The number of hydrogen-bond donors (Lipinski definition) is 0. The van der Waals surface area contributed by atoms with Crippen molar-refractivity contribution < 1.29 is 4.79 Å². The second-order valence-electron chi connectivity index (χ2n) is 2.75. The van der Waals surface area contributed by atoms with Crippen molar-refractivity contribution in [3.05, 3.63) is 34.1 Å². The van der Waals surface area contributed by atoms with Crippen molar-refractivity contribution in [1.82, 2.24) is 9.97 Å². The van der Waals surface area contributed by atoms with Crippen LogP contribution >= 0.6 is 34.8 Å². The largest absolute Gasteiger partial charge is 0.276 e. The van der Waals surface area contributed by atoms with Crippen LogP contribution in [0.15, 0.2) is 18.2 Å². The first-order chi connectivity index (χ1) is 7.09. The SMILES string of the molecule is O=C(Cl)c1cccc2nc(Cl)c(Cl)nc12. The van der Waals surface area contributed by atoms with E-state index < -0.39 is 5.24 Å². The minimum Gasteiger partial charge on any atom is -0.276 e. The van der Waals surface area contributed by atoms with Gasteiger partial charge in [-0.2, -0.15) is 0 Å². The summed E-state index contributed by atoms with van der Waals surface area (Å²) >= 11 is 16.8. The van der Waals surface area contributed by atoms with E-state index in [4.69, 9.17) is 34.8 Å². The molecule has 0 unspecified atom stereocenters. The van der Waals surface area contributed by atoms with Crippen LogP contribution in [0.3, 0.4) is 0 Å². The molecule has 2 aromatic rings. The molecule has 6 heteroatoms. The lowest BCUT2D eigenvalue weighted by molar-refractivity contribution is 0.108. The Hall–Kier alpha value is -0.900. The average molecular weight is 261 g/mol. The van der Waals surface area contributed by atoms with E-state index in [1.165, 1.54) is 0 Å². The van der Waals surface area contributed by atoms with E-state index in [-0.39, 0.29) is 15.9 Å². The summed E-state index contributed by atoms with van der Waals surface area (Å²) in [6.45, 7) is 0. The molecule has 0 N–H and O–H groups in total. The zero-order chi connectivity index (χ0) is 11.0. The summed E-state index contributed by atoms with van der Waals surface area (Å²) in [5, 5.41) is -0.453. The average Bonchev–Trinajstić information content (AvgIpc) is 2.18. The first-order valence-corrected chi connectivity index (χ1v) is 5.04. The normalized spacial score (nSPS) is 10.6. The van der Waals surface area contributed by atoms with Crippen LogP contribution in [0.1, 0.15) is 10.4 Å². The summed E-state index contributed by atoms with van der Waals surface area (Å²) in [5.74, 6) is 0. The monoisotopic (exact) mass is 260 g/mol. The van der Waals surface area contributed by atoms with E-state index in [0.717, 1.165) is 0 Å². The highest BCUT2D eigenvalue weighted by Crippen LogP contribution is 2.23. The molecule has 0 bridgehead atoms. The Bertz CT molecular complexity index is 556. The highest BCUT2D eigenvalue weighted by molar-refractivity contribution is 6.68. The van der Waals surface area contributed by atoms with Crippen molar-refractivity contribution in [2.45, 2.75) is 0 Å². The van der Waals surface area contributed by atoms with Gasteiger partial charge in [-0.05, 0) is 23.7 Å². The Balaban J connectivity index is 2.86. The van der Waals surface area contributed by atoms with Crippen molar-refractivity contribution in [3.8, 4) is 0 Å². The fraction of sp³-hybridized carbons (Fsp3) is 0. The van der Waals surface area contributed by atoms with Crippen molar-refractivity contribution >= 4 is 51.1 Å². The minimum atomic E-state index is -0.603. The van der Waals surface area contributed by atoms with Gasteiger partial charge < -0.3 is 0 Å². The summed E-state index contributed by atoms with van der Waals surface area (Å²) in [6.07, 6.45) is 0. The van der Waals surface area contributed by atoms with Gasteiger partial charge in [-0.1, -0.05) is 29.3 Å². The summed E-state index contributed by atoms with van der Waals surface area (Å²) in [4.78, 5) is 19.0. The maximum atomic E-state index is 11.1. The predicted octanol–water partition coefficient (Wildman–Crippen LogP) is 3.32. The van der Waals surface area contributed by atoms with Crippen LogP contribution in [-0.4, -0.2) is 15.2 Å². The Morgan fingerprint density at radius 2 is 1.80 bits per heavy atom. The predicted molar refractivity (Wildman–Crippen MR) is 59.7 cm³/mol. The second-order valence-corrected chi connectivity index (χ2v) is 3.81. The number of nitrogens with zero attached hydrogens (tertiary/aromatic N) is 2. The number of benzene rings is 1. The summed E-state index contributed by atoms with van der Waals surface area (Å²) in [6, 6.07) is 4.88. The third-order valence-electron chi connectivity index (χ3n) is 1.83. The van der Waals surface area contributed by atoms with Gasteiger partial charge in [0.1, 0.15) is 5.52 Å². The van der Waals surface area contributed by atoms with Gasteiger partial charge in [0.2, 0.25) is 0 Å². The summed E-state index contributed by atoms with van der Waals surface area (Å²) < 4.78 is 0. The van der Waals surface area contributed by atoms with E-state index in [2.05, 4.69) is 9.97 Å². The Kier molecular flexibility index (Phi) is 2.78. The van der Waals surface area contributed by atoms with Gasteiger partial charge in [0.15, 0.2) is 10.3 Å². The fourth-order valence-electron chi connectivity index (χ4n) is 1.19. The Labute approximate surface area is 100.0 Å². The number of fused-ring (bicyclic) bond motifs is 1. The topological polar surface area (TPSA) is 42.9 Å². The Morgan fingerprint density at radius 3 is 2.47 bits per heavy atom. The highest BCUT2D eigenvalue weighted by atomic mass is 35.5. The molecule has 0 aliphatic carbocycles. The first kappa shape index (κ1) is 10.6. The highest BCUT2D eigenvalue weighted by Gasteiger charge is 2.11. The minimum absolute atomic E-state index is 0.0505. The molecule has 0 fully saturated rings. The van der Waals surface area contributed by atoms with Crippen LogP contribution in [0.5, 0.6) is 0 Å². The molecule has 0 radical (unpaired) electrons. The number of hydrogen-bond acceptors (Lipinski definition) is 3. The molecule has 0 spiro atoms. The third kappa shape index (κ3) is 1.91. The molecule has 1 aromatic carbocycles. The number of para-hydroxylation sites is 1. The molecule has 0 saturated carbocycles. The van der Waals surface area contributed by atoms with Crippen LogP contribution < -0.4 is 0 Å². The van der Waals surface area contributed by atoms with Gasteiger partial charge >= 0.3 is 0 Å². The first-order valence-electron chi connectivity index (χ1n) is 3.91. The molecule has 0 aliphatic rings. The van der Waals surface area contributed by atoms with Crippen LogP contribution in [0.4, 0.5) is 0 Å². The molecular formula is C9H3Cl3N2O. The van der Waals surface area contributed by atoms with Crippen molar-refractivity contribution in [2.75, 3.05) is 0 Å². The number of carbonyl (C=O) groups excluding carboxylic acids is 1. The molecule has 15 heavy (non-hydrogen) atoms. The van der Waals surface area contributed by atoms with E-state index >= 15 is 0 Å². The molecule has 1 heterocycles. The molecule has 0 atom stereocenters. The molecule has 1 aromatic heterocycles. The maximum Gasteiger partial charge on any atom is 0.254 e. The number of rotatable bonds is 1. The van der Waals surface area contributed by atoms with Crippen molar-refractivity contribution in [2.24, 2.45) is 0 Å². The van der Waals surface area contributed by atoms with Crippen LogP contribution in [0.25, 0.3) is 11.0 Å². The molecule has 76 valence electrons. The lowest BCUT2D eigenvalue weighted by Gasteiger charge is -2.02. The van der Waals surface area contributed by atoms with Crippen LogP contribution in [-0.2, 0) is 0 Å². The van der Waals surface area contributed by atoms with E-state index in [1.54, 1.807) is 18.2 Å². The van der Waals surface area contributed by atoms with Gasteiger partial charge in [0.05, 0.1) is 11.1 Å². The van der Waals surface area contributed by atoms with Gasteiger partial charge in [-0.25, -0.2) is 9.97 Å². The van der Waals surface area contributed by atoms with Crippen LogP contribution in [0.2, 0.25) is 10.3 Å². The van der Waals surface area contributed by atoms with Gasteiger partial charge in [0.25, 0.3) is 5.24 Å². The van der Waals surface area contributed by atoms with Gasteiger partial charge in [-0.3, -0.25) is 4.79 Å². The summed E-state index contributed by atoms with van der Waals surface area (Å²) in [7, 11) is 0. The second kappa shape index (κ2) is 3.93. The fourth-order valence-corrected chi connectivity index (χ4v) is 1.61. The number of carbonyl (C=O) groups is 1. The third-order valence-corrected chi connectivity index (χ3v) is 2.65.